The zero-order valence-corrected chi connectivity index (χ0v) is 12.4. The summed E-state index contributed by atoms with van der Waals surface area (Å²) in [7, 11) is 0. The van der Waals surface area contributed by atoms with Crippen LogP contribution in [0.5, 0.6) is 0 Å². The molecule has 1 saturated heterocycles. The number of likely N-dealkylation sites (tertiary alicyclic amines) is 1. The SMILES string of the molecule is CCN(CC)C(=O)C1CCCN1C(=O)CCC(C)N. The molecule has 2 atom stereocenters. The average Bonchev–Trinajstić information content (AvgIpc) is 2.86. The fourth-order valence-electron chi connectivity index (χ4n) is 2.56. The molecule has 0 radical (unpaired) electrons. The highest BCUT2D eigenvalue weighted by Gasteiger charge is 2.35. The number of nitrogens with zero attached hydrogens (tertiary/aromatic N) is 2. The lowest BCUT2D eigenvalue weighted by molar-refractivity contribution is -0.143. The van der Waals surface area contributed by atoms with Crippen molar-refractivity contribution in [3.63, 3.8) is 0 Å². The minimum Gasteiger partial charge on any atom is -0.341 e. The van der Waals surface area contributed by atoms with E-state index < -0.39 is 0 Å². The van der Waals surface area contributed by atoms with Gasteiger partial charge in [0.1, 0.15) is 6.04 Å². The van der Waals surface area contributed by atoms with Crippen molar-refractivity contribution in [2.75, 3.05) is 19.6 Å². The van der Waals surface area contributed by atoms with E-state index in [4.69, 9.17) is 5.73 Å². The van der Waals surface area contributed by atoms with Gasteiger partial charge in [-0.15, -0.1) is 0 Å². The van der Waals surface area contributed by atoms with Crippen LogP contribution in [0.4, 0.5) is 0 Å². The van der Waals surface area contributed by atoms with Crippen LogP contribution in [0.2, 0.25) is 0 Å². The van der Waals surface area contributed by atoms with Crippen molar-refractivity contribution in [1.29, 1.82) is 0 Å². The van der Waals surface area contributed by atoms with Crippen molar-refractivity contribution in [2.24, 2.45) is 5.73 Å². The second-order valence-electron chi connectivity index (χ2n) is 5.27. The van der Waals surface area contributed by atoms with Crippen LogP contribution in [-0.4, -0.2) is 53.3 Å². The van der Waals surface area contributed by atoms with Crippen LogP contribution in [-0.2, 0) is 9.59 Å². The lowest BCUT2D eigenvalue weighted by Gasteiger charge is -2.29. The minimum absolute atomic E-state index is 0.0310. The number of carbonyl (C=O) groups excluding carboxylic acids is 2. The number of carbonyl (C=O) groups is 2. The van der Waals surface area contributed by atoms with Gasteiger partial charge in [-0.05, 0) is 40.0 Å². The predicted molar refractivity (Wildman–Crippen MR) is 75.5 cm³/mol. The maximum absolute atomic E-state index is 12.4. The van der Waals surface area contributed by atoms with Gasteiger partial charge in [-0.2, -0.15) is 0 Å². The summed E-state index contributed by atoms with van der Waals surface area (Å²) in [4.78, 5) is 28.1. The molecule has 0 aromatic rings. The fraction of sp³-hybridized carbons (Fsp3) is 0.857. The Hall–Kier alpha value is -1.10. The Morgan fingerprint density at radius 2 is 2.00 bits per heavy atom. The molecular weight excluding hydrogens is 242 g/mol. The Morgan fingerprint density at radius 3 is 2.53 bits per heavy atom. The van der Waals surface area contributed by atoms with E-state index in [1.165, 1.54) is 0 Å². The molecule has 0 spiro atoms. The Balaban J connectivity index is 2.62. The van der Waals surface area contributed by atoms with Crippen LogP contribution in [0.15, 0.2) is 0 Å². The summed E-state index contributed by atoms with van der Waals surface area (Å²) in [6.45, 7) is 7.95. The van der Waals surface area contributed by atoms with Crippen LogP contribution in [0, 0.1) is 0 Å². The van der Waals surface area contributed by atoms with Gasteiger partial charge in [0.15, 0.2) is 0 Å². The van der Waals surface area contributed by atoms with E-state index in [0.717, 1.165) is 12.8 Å². The smallest absolute Gasteiger partial charge is 0.245 e. The molecule has 2 unspecified atom stereocenters. The van der Waals surface area contributed by atoms with Crippen molar-refractivity contribution in [2.45, 2.75) is 58.5 Å². The summed E-state index contributed by atoms with van der Waals surface area (Å²) < 4.78 is 0. The second kappa shape index (κ2) is 7.48. The Bertz CT molecular complexity index is 314. The summed E-state index contributed by atoms with van der Waals surface area (Å²) in [5, 5.41) is 0. The summed E-state index contributed by atoms with van der Waals surface area (Å²) in [6.07, 6.45) is 2.84. The first-order valence-corrected chi connectivity index (χ1v) is 7.35. The van der Waals surface area contributed by atoms with E-state index in [2.05, 4.69) is 0 Å². The molecule has 0 saturated carbocycles. The standard InChI is InChI=1S/C14H27N3O2/c1-4-16(5-2)14(19)12-7-6-10-17(12)13(18)9-8-11(3)15/h11-12H,4-10,15H2,1-3H3. The van der Waals surface area contributed by atoms with E-state index in [1.807, 2.05) is 25.7 Å². The van der Waals surface area contributed by atoms with Crippen molar-refractivity contribution in [1.82, 2.24) is 9.80 Å². The van der Waals surface area contributed by atoms with Crippen molar-refractivity contribution in [3.8, 4) is 0 Å². The number of rotatable bonds is 6. The molecule has 1 aliphatic rings. The molecular formula is C14H27N3O2. The van der Waals surface area contributed by atoms with E-state index in [-0.39, 0.29) is 23.9 Å². The summed E-state index contributed by atoms with van der Waals surface area (Å²) >= 11 is 0. The van der Waals surface area contributed by atoms with Gasteiger partial charge < -0.3 is 15.5 Å². The molecule has 5 nitrogen and oxygen atoms in total. The summed E-state index contributed by atoms with van der Waals surface area (Å²) in [5.74, 6) is 0.164. The van der Waals surface area contributed by atoms with Gasteiger partial charge in [-0.3, -0.25) is 9.59 Å². The van der Waals surface area contributed by atoms with Crippen LogP contribution in [0.1, 0.15) is 46.5 Å². The maximum Gasteiger partial charge on any atom is 0.245 e. The quantitative estimate of drug-likeness (QED) is 0.781. The molecule has 0 aromatic carbocycles. The number of likely N-dealkylation sites (N-methyl/N-ethyl adjacent to an activating group) is 1. The molecule has 1 fully saturated rings. The zero-order chi connectivity index (χ0) is 14.4. The molecule has 2 N–H and O–H groups in total. The summed E-state index contributed by atoms with van der Waals surface area (Å²) in [6, 6.07) is -0.219. The third kappa shape index (κ3) is 4.20. The predicted octanol–water partition coefficient (Wildman–Crippen LogP) is 0.973. The molecule has 0 aromatic heterocycles. The highest BCUT2D eigenvalue weighted by molar-refractivity contribution is 5.88. The van der Waals surface area contributed by atoms with Crippen molar-refractivity contribution >= 4 is 11.8 Å². The monoisotopic (exact) mass is 269 g/mol. The molecule has 19 heavy (non-hydrogen) atoms. The van der Waals surface area contributed by atoms with Crippen molar-refractivity contribution < 1.29 is 9.59 Å². The van der Waals surface area contributed by atoms with Crippen LogP contribution >= 0.6 is 0 Å². The van der Waals surface area contributed by atoms with Gasteiger partial charge in [0.25, 0.3) is 0 Å². The van der Waals surface area contributed by atoms with Gasteiger partial charge in [-0.1, -0.05) is 0 Å². The maximum atomic E-state index is 12.4. The molecule has 1 heterocycles. The Kier molecular flexibility index (Phi) is 6.28. The van der Waals surface area contributed by atoms with Crippen LogP contribution < -0.4 is 5.73 Å². The molecule has 0 aliphatic carbocycles. The average molecular weight is 269 g/mol. The van der Waals surface area contributed by atoms with E-state index >= 15 is 0 Å². The van der Waals surface area contributed by atoms with E-state index in [1.54, 1.807) is 4.90 Å². The van der Waals surface area contributed by atoms with Gasteiger partial charge in [0.2, 0.25) is 11.8 Å². The van der Waals surface area contributed by atoms with Crippen LogP contribution in [0.3, 0.4) is 0 Å². The second-order valence-corrected chi connectivity index (χ2v) is 5.27. The van der Waals surface area contributed by atoms with E-state index in [9.17, 15) is 9.59 Å². The first-order chi connectivity index (χ1) is 9.01. The highest BCUT2D eigenvalue weighted by atomic mass is 16.2. The van der Waals surface area contributed by atoms with Gasteiger partial charge in [-0.25, -0.2) is 0 Å². The molecule has 110 valence electrons. The summed E-state index contributed by atoms with van der Waals surface area (Å²) in [5.41, 5.74) is 5.68. The highest BCUT2D eigenvalue weighted by Crippen LogP contribution is 2.21. The zero-order valence-electron chi connectivity index (χ0n) is 12.4. The number of amides is 2. The normalized spacial score (nSPS) is 20.4. The molecule has 2 amide bonds. The molecule has 5 heteroatoms. The first-order valence-electron chi connectivity index (χ1n) is 7.35. The third-order valence-electron chi connectivity index (χ3n) is 3.75. The molecule has 1 aliphatic heterocycles. The fourth-order valence-corrected chi connectivity index (χ4v) is 2.56. The topological polar surface area (TPSA) is 66.6 Å². The van der Waals surface area contributed by atoms with Gasteiger partial charge in [0, 0.05) is 32.1 Å². The third-order valence-corrected chi connectivity index (χ3v) is 3.75. The minimum atomic E-state index is -0.250. The number of hydrogen-bond donors (Lipinski definition) is 1. The number of nitrogens with two attached hydrogens (primary N) is 1. The van der Waals surface area contributed by atoms with Crippen LogP contribution in [0.25, 0.3) is 0 Å². The lowest BCUT2D eigenvalue weighted by atomic mass is 10.1. The molecule has 0 bridgehead atoms. The molecule has 1 rings (SSSR count). The largest absolute Gasteiger partial charge is 0.341 e. The Morgan fingerprint density at radius 1 is 1.37 bits per heavy atom. The van der Waals surface area contributed by atoms with Gasteiger partial charge in [0.05, 0.1) is 0 Å². The van der Waals surface area contributed by atoms with Crippen molar-refractivity contribution in [3.05, 3.63) is 0 Å². The van der Waals surface area contributed by atoms with E-state index in [0.29, 0.717) is 32.5 Å². The van der Waals surface area contributed by atoms with Gasteiger partial charge >= 0.3 is 0 Å². The lowest BCUT2D eigenvalue weighted by Crippen LogP contribution is -2.47. The first kappa shape index (κ1) is 16.0. The Labute approximate surface area is 116 Å². The number of hydrogen-bond acceptors (Lipinski definition) is 3.